The van der Waals surface area contributed by atoms with Crippen LogP contribution < -0.4 is 0 Å². The van der Waals surface area contributed by atoms with Crippen LogP contribution in [0.2, 0.25) is 0 Å². The Kier molecular flexibility index (Phi) is 2.09. The van der Waals surface area contributed by atoms with Crippen LogP contribution in [0.25, 0.3) is 9.88 Å². The molecule has 2 aromatic heterocycles. The number of aryl methyl sites for hydroxylation is 2. The number of aromatic nitrogens is 1. The third kappa shape index (κ3) is 1.47. The highest BCUT2D eigenvalue weighted by atomic mass is 32.1. The van der Waals surface area contributed by atoms with Gasteiger partial charge in [0.05, 0.1) is 10.6 Å². The molecule has 2 aromatic rings. The Morgan fingerprint density at radius 3 is 2.62 bits per heavy atom. The van der Waals surface area contributed by atoms with Gasteiger partial charge in [-0.3, -0.25) is 0 Å². The van der Waals surface area contributed by atoms with Crippen LogP contribution in [0.5, 0.6) is 5.06 Å². The molecule has 2 heterocycles. The molecule has 13 heavy (non-hydrogen) atoms. The van der Waals surface area contributed by atoms with E-state index in [4.69, 9.17) is 0 Å². The van der Waals surface area contributed by atoms with E-state index in [1.807, 2.05) is 12.3 Å². The Hall–Kier alpha value is -0.870. The first kappa shape index (κ1) is 8.72. The van der Waals surface area contributed by atoms with Crippen molar-refractivity contribution in [2.75, 3.05) is 0 Å². The van der Waals surface area contributed by atoms with Gasteiger partial charge in [-0.2, -0.15) is 0 Å². The second kappa shape index (κ2) is 3.12. The quantitative estimate of drug-likeness (QED) is 0.785. The first-order chi connectivity index (χ1) is 6.18. The fourth-order valence-corrected chi connectivity index (χ4v) is 2.97. The van der Waals surface area contributed by atoms with Gasteiger partial charge in [-0.15, -0.1) is 11.3 Å². The van der Waals surface area contributed by atoms with Gasteiger partial charge in [0, 0.05) is 0 Å². The molecule has 0 aliphatic rings. The Morgan fingerprint density at radius 2 is 2.15 bits per heavy atom. The van der Waals surface area contributed by atoms with E-state index in [1.165, 1.54) is 16.9 Å². The molecular formula is C9H9NOS2. The summed E-state index contributed by atoms with van der Waals surface area (Å²) < 4.78 is 0. The van der Waals surface area contributed by atoms with Gasteiger partial charge in [-0.05, 0) is 30.9 Å². The summed E-state index contributed by atoms with van der Waals surface area (Å²) in [6.45, 7) is 3.87. The van der Waals surface area contributed by atoms with Gasteiger partial charge >= 0.3 is 0 Å². The molecule has 0 saturated carbocycles. The van der Waals surface area contributed by atoms with Crippen molar-refractivity contribution < 1.29 is 5.11 Å². The molecule has 0 amide bonds. The lowest BCUT2D eigenvalue weighted by Crippen LogP contribution is -1.74. The molecule has 0 aliphatic carbocycles. The van der Waals surface area contributed by atoms with Crippen LogP contribution in [-0.4, -0.2) is 10.1 Å². The van der Waals surface area contributed by atoms with Crippen LogP contribution >= 0.6 is 22.7 Å². The van der Waals surface area contributed by atoms with Crippen molar-refractivity contribution in [3.63, 3.8) is 0 Å². The lowest BCUT2D eigenvalue weighted by atomic mass is 10.3. The smallest absolute Gasteiger partial charge is 0.195 e. The van der Waals surface area contributed by atoms with Crippen LogP contribution in [0.1, 0.15) is 11.3 Å². The highest BCUT2D eigenvalue weighted by Gasteiger charge is 2.10. The second-order valence-electron chi connectivity index (χ2n) is 2.84. The molecule has 2 nitrogen and oxygen atoms in total. The minimum Gasteiger partial charge on any atom is -0.498 e. The van der Waals surface area contributed by atoms with E-state index >= 15 is 0 Å². The zero-order valence-electron chi connectivity index (χ0n) is 7.37. The van der Waals surface area contributed by atoms with Crippen LogP contribution in [0.15, 0.2) is 11.4 Å². The molecule has 0 atom stereocenters. The van der Waals surface area contributed by atoms with Crippen molar-refractivity contribution in [1.29, 1.82) is 0 Å². The van der Waals surface area contributed by atoms with E-state index in [9.17, 15) is 5.11 Å². The summed E-state index contributed by atoms with van der Waals surface area (Å²) in [5.74, 6) is 0. The van der Waals surface area contributed by atoms with E-state index in [0.29, 0.717) is 10.8 Å². The highest BCUT2D eigenvalue weighted by molar-refractivity contribution is 7.22. The topological polar surface area (TPSA) is 33.1 Å². The van der Waals surface area contributed by atoms with E-state index < -0.39 is 0 Å². The zero-order valence-corrected chi connectivity index (χ0v) is 9.00. The maximum absolute atomic E-state index is 9.39. The molecule has 0 bridgehead atoms. The van der Waals surface area contributed by atoms with E-state index in [2.05, 4.69) is 18.0 Å². The number of nitrogens with zero attached hydrogens (tertiary/aromatic N) is 1. The van der Waals surface area contributed by atoms with Gasteiger partial charge < -0.3 is 5.11 Å². The van der Waals surface area contributed by atoms with Gasteiger partial charge in [-0.25, -0.2) is 4.98 Å². The number of aromatic hydroxyl groups is 1. The maximum Gasteiger partial charge on any atom is 0.195 e. The first-order valence-electron chi connectivity index (χ1n) is 3.89. The molecule has 2 rings (SSSR count). The second-order valence-corrected chi connectivity index (χ2v) is 4.74. The van der Waals surface area contributed by atoms with Gasteiger partial charge in [0.2, 0.25) is 0 Å². The minimum atomic E-state index is 0.322. The summed E-state index contributed by atoms with van der Waals surface area (Å²) in [4.78, 5) is 5.45. The van der Waals surface area contributed by atoms with Crippen LogP contribution in [-0.2, 0) is 0 Å². The number of hydrogen-bond acceptors (Lipinski definition) is 4. The van der Waals surface area contributed by atoms with Gasteiger partial charge in [0.15, 0.2) is 5.06 Å². The molecule has 1 N–H and O–H groups in total. The fraction of sp³-hybridized carbons (Fsp3) is 0.222. The largest absolute Gasteiger partial charge is 0.498 e. The molecule has 0 spiro atoms. The highest BCUT2D eigenvalue weighted by Crippen LogP contribution is 2.36. The molecule has 0 aliphatic heterocycles. The summed E-state index contributed by atoms with van der Waals surface area (Å²) in [7, 11) is 0. The van der Waals surface area contributed by atoms with Crippen LogP contribution in [0, 0.1) is 13.8 Å². The average Bonchev–Trinajstić information content (AvgIpc) is 2.60. The van der Waals surface area contributed by atoms with Crippen molar-refractivity contribution in [2.24, 2.45) is 0 Å². The lowest BCUT2D eigenvalue weighted by molar-refractivity contribution is 0.485. The summed E-state index contributed by atoms with van der Waals surface area (Å²) in [6, 6.07) is 2.06. The molecule has 0 fully saturated rings. The predicted molar refractivity (Wildman–Crippen MR) is 56.6 cm³/mol. The Morgan fingerprint density at radius 1 is 1.38 bits per heavy atom. The lowest BCUT2D eigenvalue weighted by Gasteiger charge is -1.90. The molecule has 0 radical (unpaired) electrons. The molecular weight excluding hydrogens is 202 g/mol. The molecule has 4 heteroatoms. The average molecular weight is 211 g/mol. The number of thiazole rings is 1. The fourth-order valence-electron chi connectivity index (χ4n) is 1.08. The first-order valence-corrected chi connectivity index (χ1v) is 5.59. The minimum absolute atomic E-state index is 0.322. The van der Waals surface area contributed by atoms with Gasteiger partial charge in [-0.1, -0.05) is 11.3 Å². The standard InChI is InChI=1S/C9H9NOS2/c1-5-3-4-12-7(5)8-10-6(2)9(11)13-8/h3-4,11H,1-2H3. The molecule has 0 unspecified atom stereocenters. The van der Waals surface area contributed by atoms with Crippen molar-refractivity contribution in [3.8, 4) is 14.9 Å². The molecule has 0 saturated heterocycles. The Labute approximate surface area is 84.5 Å². The van der Waals surface area contributed by atoms with E-state index in [0.717, 1.165) is 9.88 Å². The van der Waals surface area contributed by atoms with Crippen molar-refractivity contribution in [3.05, 3.63) is 22.7 Å². The third-order valence-electron chi connectivity index (χ3n) is 1.83. The Bertz CT molecular complexity index is 411. The third-order valence-corrected chi connectivity index (χ3v) is 3.96. The normalized spacial score (nSPS) is 10.6. The summed E-state index contributed by atoms with van der Waals surface area (Å²) in [5, 5.41) is 12.7. The molecule has 0 aromatic carbocycles. The van der Waals surface area contributed by atoms with Crippen LogP contribution in [0.4, 0.5) is 0 Å². The summed E-state index contributed by atoms with van der Waals surface area (Å²) in [6.07, 6.45) is 0. The Balaban J connectivity index is 2.53. The summed E-state index contributed by atoms with van der Waals surface area (Å²) in [5.41, 5.74) is 1.94. The molecule has 68 valence electrons. The predicted octanol–water partition coefficient (Wildman–Crippen LogP) is 3.19. The van der Waals surface area contributed by atoms with Crippen LogP contribution in [0.3, 0.4) is 0 Å². The zero-order chi connectivity index (χ0) is 9.42. The number of thiophene rings is 1. The van der Waals surface area contributed by atoms with Gasteiger partial charge in [0.1, 0.15) is 5.01 Å². The van der Waals surface area contributed by atoms with Crippen molar-refractivity contribution in [2.45, 2.75) is 13.8 Å². The maximum atomic E-state index is 9.39. The number of hydrogen-bond donors (Lipinski definition) is 1. The van der Waals surface area contributed by atoms with E-state index in [1.54, 1.807) is 11.3 Å². The van der Waals surface area contributed by atoms with E-state index in [-0.39, 0.29) is 0 Å². The van der Waals surface area contributed by atoms with Crippen molar-refractivity contribution >= 4 is 22.7 Å². The summed E-state index contributed by atoms with van der Waals surface area (Å²) >= 11 is 3.00. The van der Waals surface area contributed by atoms with Gasteiger partial charge in [0.25, 0.3) is 0 Å². The SMILES string of the molecule is Cc1ccsc1-c1nc(C)c(O)s1. The number of rotatable bonds is 1. The monoisotopic (exact) mass is 211 g/mol. The van der Waals surface area contributed by atoms with Crippen molar-refractivity contribution in [1.82, 2.24) is 4.98 Å².